The van der Waals surface area contributed by atoms with Crippen LogP contribution in [0.2, 0.25) is 0 Å². The van der Waals surface area contributed by atoms with E-state index in [1.165, 1.54) is 19.3 Å². The highest BCUT2D eigenvalue weighted by atomic mass is 15.1. The second-order valence-electron chi connectivity index (χ2n) is 2.58. The maximum absolute atomic E-state index is 5.61. The number of hydrogen-bond donors (Lipinski definition) is 0. The highest BCUT2D eigenvalue weighted by Gasteiger charge is 2.12. The minimum Gasteiger partial charge on any atom is -0.294 e. The van der Waals surface area contributed by atoms with Gasteiger partial charge in [0.25, 0.3) is 0 Å². The number of likely N-dealkylation sites (tertiary alicyclic amines) is 1. The fraction of sp³-hybridized carbons (Fsp3) is 0.857. The first-order valence-corrected chi connectivity index (χ1v) is 3.32. The van der Waals surface area contributed by atoms with Gasteiger partial charge in [-0.15, -0.1) is 0 Å². The molecule has 1 heteroatoms. The Bertz CT molecular complexity index is 60.8. The highest BCUT2D eigenvalue weighted by Crippen LogP contribution is 2.13. The molecule has 0 bridgehead atoms. The third-order valence-electron chi connectivity index (χ3n) is 1.85. The van der Waals surface area contributed by atoms with Crippen molar-refractivity contribution in [3.8, 4) is 0 Å². The van der Waals surface area contributed by atoms with Gasteiger partial charge < -0.3 is 0 Å². The van der Waals surface area contributed by atoms with Crippen LogP contribution in [0.5, 0.6) is 0 Å². The van der Waals surface area contributed by atoms with Crippen LogP contribution in [0.3, 0.4) is 0 Å². The van der Waals surface area contributed by atoms with Crippen molar-refractivity contribution >= 4 is 0 Å². The van der Waals surface area contributed by atoms with Gasteiger partial charge in [0.1, 0.15) is 0 Å². The molecule has 1 nitrogen and oxygen atoms in total. The predicted octanol–water partition coefficient (Wildman–Crippen LogP) is 1.53. The molecule has 0 amide bonds. The lowest BCUT2D eigenvalue weighted by Gasteiger charge is -2.28. The molecule has 1 rings (SSSR count). The number of piperidine rings is 1. The fourth-order valence-corrected chi connectivity index (χ4v) is 1.12. The average molecular weight is 111 g/mol. The lowest BCUT2D eigenvalue weighted by Crippen LogP contribution is -2.31. The van der Waals surface area contributed by atoms with Crippen LogP contribution in [-0.4, -0.2) is 17.5 Å². The Morgan fingerprint density at radius 3 is 2.62 bits per heavy atom. The molecular weight excluding hydrogens is 98.1 g/mol. The molecule has 2 radical (unpaired) electrons. The summed E-state index contributed by atoms with van der Waals surface area (Å²) in [6.45, 7) is 3.26. The van der Waals surface area contributed by atoms with E-state index >= 15 is 0 Å². The molecule has 0 aliphatic carbocycles. The molecular formula is C7H13N. The standard InChI is InChI=1S/C7H13N/c1-7-5-3-4-6-8(7)2/h2,7H,3-6H2,1H3. The number of rotatable bonds is 0. The van der Waals surface area contributed by atoms with Crippen LogP contribution in [0.15, 0.2) is 0 Å². The zero-order valence-corrected chi connectivity index (χ0v) is 5.43. The number of nitrogens with zero attached hydrogens (tertiary/aromatic N) is 1. The summed E-state index contributed by atoms with van der Waals surface area (Å²) in [7, 11) is 5.61. The zero-order chi connectivity index (χ0) is 5.98. The second-order valence-corrected chi connectivity index (χ2v) is 2.58. The topological polar surface area (TPSA) is 3.24 Å². The van der Waals surface area contributed by atoms with Crippen molar-refractivity contribution in [1.29, 1.82) is 0 Å². The van der Waals surface area contributed by atoms with Gasteiger partial charge in [0, 0.05) is 13.1 Å². The molecule has 1 atom stereocenters. The van der Waals surface area contributed by atoms with Crippen LogP contribution in [0.4, 0.5) is 0 Å². The van der Waals surface area contributed by atoms with Crippen molar-refractivity contribution in [2.45, 2.75) is 32.2 Å². The van der Waals surface area contributed by atoms with Gasteiger partial charge in [-0.05, 0) is 26.3 Å². The third-order valence-corrected chi connectivity index (χ3v) is 1.85. The van der Waals surface area contributed by atoms with E-state index in [1.54, 1.807) is 0 Å². The normalized spacial score (nSPS) is 33.0. The van der Waals surface area contributed by atoms with Gasteiger partial charge in [-0.3, -0.25) is 4.90 Å². The van der Waals surface area contributed by atoms with Crippen LogP contribution >= 0.6 is 0 Å². The maximum Gasteiger partial charge on any atom is 0.0441 e. The van der Waals surface area contributed by atoms with E-state index in [0.29, 0.717) is 6.04 Å². The molecule has 46 valence electrons. The maximum atomic E-state index is 5.61. The first-order chi connectivity index (χ1) is 3.80. The molecule has 1 saturated heterocycles. The summed E-state index contributed by atoms with van der Waals surface area (Å²) in [4.78, 5) is 1.93. The SMILES string of the molecule is [CH]N1CCCCC1C. The van der Waals surface area contributed by atoms with Gasteiger partial charge in [-0.1, -0.05) is 6.42 Å². The molecule has 0 saturated carbocycles. The van der Waals surface area contributed by atoms with Crippen LogP contribution in [0.1, 0.15) is 26.2 Å². The van der Waals surface area contributed by atoms with E-state index in [4.69, 9.17) is 7.05 Å². The van der Waals surface area contributed by atoms with E-state index in [1.807, 2.05) is 4.90 Å². The lowest BCUT2D eigenvalue weighted by molar-refractivity contribution is 0.225. The molecule has 1 aliphatic heterocycles. The Kier molecular flexibility index (Phi) is 1.90. The predicted molar refractivity (Wildman–Crippen MR) is 34.3 cm³/mol. The van der Waals surface area contributed by atoms with E-state index in [0.717, 1.165) is 6.54 Å². The van der Waals surface area contributed by atoms with Crippen molar-refractivity contribution < 1.29 is 0 Å². The second kappa shape index (κ2) is 2.49. The minimum absolute atomic E-state index is 0.615. The largest absolute Gasteiger partial charge is 0.294 e. The molecule has 1 aliphatic rings. The molecule has 1 fully saturated rings. The summed E-state index contributed by atoms with van der Waals surface area (Å²) >= 11 is 0. The molecule has 0 spiro atoms. The fourth-order valence-electron chi connectivity index (χ4n) is 1.12. The van der Waals surface area contributed by atoms with Crippen molar-refractivity contribution in [2.24, 2.45) is 0 Å². The Hall–Kier alpha value is -0.0400. The Labute approximate surface area is 51.7 Å². The first-order valence-electron chi connectivity index (χ1n) is 3.32. The van der Waals surface area contributed by atoms with Crippen molar-refractivity contribution in [1.82, 2.24) is 4.90 Å². The van der Waals surface area contributed by atoms with Crippen molar-refractivity contribution in [2.75, 3.05) is 6.54 Å². The van der Waals surface area contributed by atoms with Crippen LogP contribution in [-0.2, 0) is 0 Å². The van der Waals surface area contributed by atoms with Gasteiger partial charge in [-0.25, -0.2) is 0 Å². The van der Waals surface area contributed by atoms with Crippen LogP contribution in [0, 0.1) is 7.05 Å². The molecule has 1 unspecified atom stereocenters. The van der Waals surface area contributed by atoms with E-state index in [9.17, 15) is 0 Å². The lowest BCUT2D eigenvalue weighted by atomic mass is 10.1. The Morgan fingerprint density at radius 2 is 2.25 bits per heavy atom. The van der Waals surface area contributed by atoms with E-state index in [2.05, 4.69) is 6.92 Å². The highest BCUT2D eigenvalue weighted by molar-refractivity contribution is 4.71. The summed E-state index contributed by atoms with van der Waals surface area (Å²) in [5.74, 6) is 0. The molecule has 0 aromatic rings. The van der Waals surface area contributed by atoms with Crippen molar-refractivity contribution in [3.05, 3.63) is 7.05 Å². The Morgan fingerprint density at radius 1 is 1.50 bits per heavy atom. The summed E-state index contributed by atoms with van der Waals surface area (Å²) < 4.78 is 0. The number of hydrogen-bond acceptors (Lipinski definition) is 1. The summed E-state index contributed by atoms with van der Waals surface area (Å²) in [5, 5.41) is 0. The van der Waals surface area contributed by atoms with Crippen LogP contribution < -0.4 is 0 Å². The quantitative estimate of drug-likeness (QED) is 0.458. The molecule has 0 aromatic carbocycles. The van der Waals surface area contributed by atoms with Crippen LogP contribution in [0.25, 0.3) is 0 Å². The van der Waals surface area contributed by atoms with Gasteiger partial charge >= 0.3 is 0 Å². The monoisotopic (exact) mass is 111 g/mol. The molecule has 0 N–H and O–H groups in total. The summed E-state index contributed by atoms with van der Waals surface area (Å²) in [6.07, 6.45) is 3.91. The Balaban J connectivity index is 2.28. The van der Waals surface area contributed by atoms with Crippen molar-refractivity contribution in [3.63, 3.8) is 0 Å². The summed E-state index contributed by atoms with van der Waals surface area (Å²) in [5.41, 5.74) is 0. The zero-order valence-electron chi connectivity index (χ0n) is 5.43. The van der Waals surface area contributed by atoms with E-state index < -0.39 is 0 Å². The van der Waals surface area contributed by atoms with E-state index in [-0.39, 0.29) is 0 Å². The van der Waals surface area contributed by atoms with Gasteiger partial charge in [0.15, 0.2) is 0 Å². The minimum atomic E-state index is 0.615. The van der Waals surface area contributed by atoms with Gasteiger partial charge in [0.2, 0.25) is 0 Å². The average Bonchev–Trinajstić information content (AvgIpc) is 1.77. The molecule has 8 heavy (non-hydrogen) atoms. The third kappa shape index (κ3) is 1.22. The first kappa shape index (κ1) is 6.09. The molecule has 0 aromatic heterocycles. The molecule has 1 heterocycles. The summed E-state index contributed by atoms with van der Waals surface area (Å²) in [6, 6.07) is 0.615. The smallest absolute Gasteiger partial charge is 0.0441 e. The van der Waals surface area contributed by atoms with Gasteiger partial charge in [0.05, 0.1) is 0 Å². The van der Waals surface area contributed by atoms with Gasteiger partial charge in [-0.2, -0.15) is 0 Å².